The topological polar surface area (TPSA) is 29.0 Å². The van der Waals surface area contributed by atoms with Gasteiger partial charge in [0.25, 0.3) is 0 Å². The molecule has 0 spiro atoms. The van der Waals surface area contributed by atoms with E-state index in [0.29, 0.717) is 0 Å². The minimum atomic E-state index is 0.0284. The Morgan fingerprint density at radius 1 is 1.12 bits per heavy atom. The fourth-order valence-corrected chi connectivity index (χ4v) is 1.74. The summed E-state index contributed by atoms with van der Waals surface area (Å²) in [6.45, 7) is 6.46. The van der Waals surface area contributed by atoms with E-state index in [9.17, 15) is 0 Å². The first kappa shape index (κ1) is 11.8. The summed E-state index contributed by atoms with van der Waals surface area (Å²) in [5.41, 5.74) is 4.09. The number of rotatable bonds is 1. The van der Waals surface area contributed by atoms with E-state index >= 15 is 0 Å². The van der Waals surface area contributed by atoms with Gasteiger partial charge in [-0.05, 0) is 12.1 Å². The van der Waals surface area contributed by atoms with Gasteiger partial charge in [-0.1, -0.05) is 26.8 Å². The second-order valence-electron chi connectivity index (χ2n) is 5.54. The first-order chi connectivity index (χ1) is 7.89. The summed E-state index contributed by atoms with van der Waals surface area (Å²) in [4.78, 5) is 11.3. The number of hydrogen-bond acceptors (Lipinski definition) is 3. The fourth-order valence-electron chi connectivity index (χ4n) is 1.74. The van der Waals surface area contributed by atoms with Crippen LogP contribution < -0.4 is 4.90 Å². The van der Waals surface area contributed by atoms with Gasteiger partial charge in [0, 0.05) is 25.7 Å². The summed E-state index contributed by atoms with van der Waals surface area (Å²) >= 11 is 0. The van der Waals surface area contributed by atoms with E-state index in [1.54, 1.807) is 0 Å². The van der Waals surface area contributed by atoms with E-state index in [-0.39, 0.29) is 5.41 Å². The van der Waals surface area contributed by atoms with Crippen LogP contribution in [0.15, 0.2) is 24.4 Å². The molecule has 0 atom stereocenters. The van der Waals surface area contributed by atoms with Gasteiger partial charge in [-0.2, -0.15) is 0 Å². The van der Waals surface area contributed by atoms with Crippen LogP contribution in [0.1, 0.15) is 26.5 Å². The van der Waals surface area contributed by atoms with Gasteiger partial charge < -0.3 is 4.90 Å². The molecule has 0 N–H and O–H groups in total. The number of aromatic nitrogens is 2. The van der Waals surface area contributed by atoms with Crippen LogP contribution in [-0.4, -0.2) is 24.1 Å². The van der Waals surface area contributed by atoms with E-state index in [0.717, 1.165) is 22.4 Å². The maximum absolute atomic E-state index is 4.76. The molecule has 3 nitrogen and oxygen atoms in total. The summed E-state index contributed by atoms with van der Waals surface area (Å²) in [6, 6.07) is 6.09. The van der Waals surface area contributed by atoms with Crippen LogP contribution >= 0.6 is 0 Å². The molecule has 0 fully saturated rings. The number of hydrogen-bond donors (Lipinski definition) is 0. The average molecular weight is 229 g/mol. The normalized spacial score (nSPS) is 11.8. The largest absolute Gasteiger partial charge is 0.376 e. The smallest absolute Gasteiger partial charge is 0.112 e. The quantitative estimate of drug-likeness (QED) is 0.752. The Balaban J connectivity index is 2.70. The Bertz CT molecular complexity index is 539. The fraction of sp³-hybridized carbons (Fsp3) is 0.429. The monoisotopic (exact) mass is 229 g/mol. The Hall–Kier alpha value is -1.64. The molecule has 2 rings (SSSR count). The molecule has 90 valence electrons. The second kappa shape index (κ2) is 3.99. The van der Waals surface area contributed by atoms with E-state index in [2.05, 4.69) is 36.7 Å². The molecule has 0 aliphatic rings. The van der Waals surface area contributed by atoms with Gasteiger partial charge >= 0.3 is 0 Å². The van der Waals surface area contributed by atoms with Crippen molar-refractivity contribution in [1.29, 1.82) is 0 Å². The molecule has 1 aromatic heterocycles. The molecule has 0 bridgehead atoms. The summed E-state index contributed by atoms with van der Waals surface area (Å²) in [7, 11) is 4.06. The molecule has 3 heteroatoms. The number of para-hydroxylation sites is 1. The predicted octanol–water partition coefficient (Wildman–Crippen LogP) is 2.99. The summed E-state index contributed by atoms with van der Waals surface area (Å²) < 4.78 is 0. The van der Waals surface area contributed by atoms with Crippen molar-refractivity contribution < 1.29 is 0 Å². The molecule has 0 saturated carbocycles. The van der Waals surface area contributed by atoms with E-state index in [1.165, 1.54) is 0 Å². The Kier molecular flexibility index (Phi) is 2.77. The molecule has 0 unspecified atom stereocenters. The highest BCUT2D eigenvalue weighted by molar-refractivity contribution is 5.87. The van der Waals surface area contributed by atoms with Crippen molar-refractivity contribution in [2.75, 3.05) is 19.0 Å². The van der Waals surface area contributed by atoms with Crippen molar-refractivity contribution in [2.24, 2.45) is 0 Å². The van der Waals surface area contributed by atoms with Gasteiger partial charge in [0.05, 0.1) is 16.9 Å². The zero-order valence-corrected chi connectivity index (χ0v) is 11.2. The zero-order valence-electron chi connectivity index (χ0n) is 11.2. The van der Waals surface area contributed by atoms with Crippen LogP contribution in [0.2, 0.25) is 0 Å². The maximum Gasteiger partial charge on any atom is 0.112 e. The summed E-state index contributed by atoms with van der Waals surface area (Å²) in [6.07, 6.45) is 1.88. The minimum Gasteiger partial charge on any atom is -0.376 e. The third-order valence-corrected chi connectivity index (χ3v) is 2.80. The third-order valence-electron chi connectivity index (χ3n) is 2.80. The first-order valence-electron chi connectivity index (χ1n) is 5.83. The van der Waals surface area contributed by atoms with Crippen molar-refractivity contribution in [3.05, 3.63) is 30.1 Å². The second-order valence-corrected chi connectivity index (χ2v) is 5.54. The van der Waals surface area contributed by atoms with Gasteiger partial charge in [-0.25, -0.2) is 4.98 Å². The Labute approximate surface area is 103 Å². The highest BCUT2D eigenvalue weighted by Crippen LogP contribution is 2.26. The lowest BCUT2D eigenvalue weighted by atomic mass is 9.92. The van der Waals surface area contributed by atoms with E-state index < -0.39 is 0 Å². The van der Waals surface area contributed by atoms with Crippen molar-refractivity contribution in [1.82, 2.24) is 9.97 Å². The van der Waals surface area contributed by atoms with Crippen LogP contribution in [0.25, 0.3) is 11.0 Å². The number of anilines is 1. The number of benzene rings is 1. The highest BCUT2D eigenvalue weighted by atomic mass is 15.1. The van der Waals surface area contributed by atoms with Crippen LogP contribution in [0, 0.1) is 0 Å². The molecule has 0 aliphatic heterocycles. The van der Waals surface area contributed by atoms with Gasteiger partial charge in [0.1, 0.15) is 5.52 Å². The molecule has 0 saturated heterocycles. The van der Waals surface area contributed by atoms with Crippen molar-refractivity contribution >= 4 is 16.7 Å². The molecule has 17 heavy (non-hydrogen) atoms. The lowest BCUT2D eigenvalue weighted by Gasteiger charge is -2.19. The number of fused-ring (bicyclic) bond motifs is 1. The van der Waals surface area contributed by atoms with Gasteiger partial charge in [-0.3, -0.25) is 4.98 Å². The molecule has 2 aromatic rings. The van der Waals surface area contributed by atoms with Crippen molar-refractivity contribution in [3.63, 3.8) is 0 Å². The van der Waals surface area contributed by atoms with Crippen LogP contribution in [-0.2, 0) is 5.41 Å². The molecule has 1 aromatic carbocycles. The highest BCUT2D eigenvalue weighted by Gasteiger charge is 2.17. The molecule has 0 radical (unpaired) electrons. The maximum atomic E-state index is 4.76. The lowest BCUT2D eigenvalue weighted by molar-refractivity contribution is 0.568. The van der Waals surface area contributed by atoms with E-state index in [4.69, 9.17) is 4.98 Å². The molecule has 1 heterocycles. The molecular weight excluding hydrogens is 210 g/mol. The van der Waals surface area contributed by atoms with Crippen LogP contribution in [0.4, 0.5) is 5.69 Å². The van der Waals surface area contributed by atoms with Gasteiger partial charge in [0.15, 0.2) is 0 Å². The van der Waals surface area contributed by atoms with Crippen molar-refractivity contribution in [2.45, 2.75) is 26.2 Å². The van der Waals surface area contributed by atoms with Crippen molar-refractivity contribution in [3.8, 4) is 0 Å². The summed E-state index contributed by atoms with van der Waals surface area (Å²) in [5.74, 6) is 0. The summed E-state index contributed by atoms with van der Waals surface area (Å²) in [5, 5.41) is 0. The third kappa shape index (κ3) is 2.23. The lowest BCUT2D eigenvalue weighted by Crippen LogP contribution is -2.15. The Morgan fingerprint density at radius 2 is 1.82 bits per heavy atom. The predicted molar refractivity (Wildman–Crippen MR) is 72.6 cm³/mol. The standard InChI is InChI=1S/C14H19N3/c1-14(2,3)12-9-15-10-7-6-8-11(17(4)5)13(10)16-12/h6-9H,1-5H3. The van der Waals surface area contributed by atoms with Crippen LogP contribution in [0.3, 0.4) is 0 Å². The molecular formula is C14H19N3. The number of nitrogens with zero attached hydrogens (tertiary/aromatic N) is 3. The van der Waals surface area contributed by atoms with Gasteiger partial charge in [0.2, 0.25) is 0 Å². The van der Waals surface area contributed by atoms with Gasteiger partial charge in [-0.15, -0.1) is 0 Å². The molecule has 0 aliphatic carbocycles. The zero-order chi connectivity index (χ0) is 12.6. The Morgan fingerprint density at radius 3 is 2.41 bits per heavy atom. The van der Waals surface area contributed by atoms with Crippen LogP contribution in [0.5, 0.6) is 0 Å². The first-order valence-corrected chi connectivity index (χ1v) is 5.83. The molecule has 0 amide bonds. The van der Waals surface area contributed by atoms with E-state index in [1.807, 2.05) is 32.4 Å². The average Bonchev–Trinajstić information content (AvgIpc) is 2.26. The minimum absolute atomic E-state index is 0.0284. The SMILES string of the molecule is CN(C)c1cccc2ncc(C(C)(C)C)nc12.